The number of benzene rings is 1. The van der Waals surface area contributed by atoms with Crippen LogP contribution in [0.3, 0.4) is 0 Å². The van der Waals surface area contributed by atoms with E-state index >= 15 is 0 Å². The van der Waals surface area contributed by atoms with E-state index in [1.54, 1.807) is 0 Å². The Bertz CT molecular complexity index is 382. The maximum Gasteiger partial charge on any atom is 0.168 e. The first kappa shape index (κ1) is 9.41. The van der Waals surface area contributed by atoms with Gasteiger partial charge in [-0.3, -0.25) is 4.79 Å². The summed E-state index contributed by atoms with van der Waals surface area (Å²) in [5.41, 5.74) is 8.96. The summed E-state index contributed by atoms with van der Waals surface area (Å²) in [6.07, 6.45) is 0.812. The molecule has 0 aromatic heterocycles. The van der Waals surface area contributed by atoms with Gasteiger partial charge in [0.25, 0.3) is 0 Å². The highest BCUT2D eigenvalue weighted by Gasteiger charge is 2.32. The van der Waals surface area contributed by atoms with Crippen molar-refractivity contribution in [2.45, 2.75) is 26.3 Å². The Labute approximate surface area is 84.1 Å². The largest absolute Gasteiger partial charge is 0.327 e. The third kappa shape index (κ3) is 1.36. The van der Waals surface area contributed by atoms with E-state index in [0.717, 1.165) is 23.1 Å². The van der Waals surface area contributed by atoms with Gasteiger partial charge in [0.15, 0.2) is 5.78 Å². The molecule has 1 aromatic carbocycles. The molecule has 0 aliphatic heterocycles. The number of carbonyl (C=O) groups is 1. The second-order valence-corrected chi connectivity index (χ2v) is 4.19. The van der Waals surface area contributed by atoms with E-state index < -0.39 is 0 Å². The molecule has 0 heterocycles. The number of hydrogen-bond donors (Lipinski definition) is 1. The minimum absolute atomic E-state index is 0.00759. The normalized spacial score (nSPS) is 22.2. The van der Waals surface area contributed by atoms with Gasteiger partial charge < -0.3 is 5.73 Å². The summed E-state index contributed by atoms with van der Waals surface area (Å²) in [5, 5.41) is 0. The number of nitrogens with two attached hydrogens (primary N) is 1. The third-order valence-electron chi connectivity index (χ3n) is 2.94. The lowest BCUT2D eigenvalue weighted by atomic mass is 9.98. The highest BCUT2D eigenvalue weighted by atomic mass is 16.1. The number of carbonyl (C=O) groups excluding carboxylic acids is 1. The van der Waals surface area contributed by atoms with Crippen molar-refractivity contribution in [2.24, 2.45) is 11.7 Å². The summed E-state index contributed by atoms with van der Waals surface area (Å²) < 4.78 is 0. The van der Waals surface area contributed by atoms with Gasteiger partial charge in [-0.25, -0.2) is 0 Å². The third-order valence-corrected chi connectivity index (χ3v) is 2.94. The molecular weight excluding hydrogens is 174 g/mol. The monoisotopic (exact) mass is 189 g/mol. The van der Waals surface area contributed by atoms with Crippen molar-refractivity contribution in [3.63, 3.8) is 0 Å². The first-order valence-corrected chi connectivity index (χ1v) is 4.99. The van der Waals surface area contributed by atoms with E-state index in [1.807, 2.05) is 26.0 Å². The van der Waals surface area contributed by atoms with Crippen LogP contribution in [0.25, 0.3) is 0 Å². The van der Waals surface area contributed by atoms with Crippen LogP contribution < -0.4 is 5.73 Å². The molecule has 2 N–H and O–H groups in total. The van der Waals surface area contributed by atoms with Gasteiger partial charge in [-0.1, -0.05) is 17.7 Å². The molecule has 2 unspecified atom stereocenters. The fourth-order valence-electron chi connectivity index (χ4n) is 2.05. The predicted molar refractivity (Wildman–Crippen MR) is 56.4 cm³/mol. The van der Waals surface area contributed by atoms with Crippen LogP contribution in [0, 0.1) is 12.8 Å². The Morgan fingerprint density at radius 1 is 1.50 bits per heavy atom. The molecule has 0 radical (unpaired) electrons. The van der Waals surface area contributed by atoms with Gasteiger partial charge in [0.1, 0.15) is 0 Å². The van der Waals surface area contributed by atoms with E-state index in [9.17, 15) is 4.79 Å². The Hall–Kier alpha value is -1.15. The molecule has 0 saturated heterocycles. The minimum Gasteiger partial charge on any atom is -0.327 e. The van der Waals surface area contributed by atoms with E-state index in [1.165, 1.54) is 0 Å². The fraction of sp³-hybridized carbons (Fsp3) is 0.417. The number of rotatable bonds is 1. The Balaban J connectivity index is 2.41. The highest BCUT2D eigenvalue weighted by molar-refractivity contribution is 6.02. The van der Waals surface area contributed by atoms with Gasteiger partial charge in [-0.05, 0) is 31.9 Å². The van der Waals surface area contributed by atoms with E-state index in [-0.39, 0.29) is 17.7 Å². The maximum atomic E-state index is 11.9. The molecule has 2 atom stereocenters. The van der Waals surface area contributed by atoms with Crippen LogP contribution in [-0.4, -0.2) is 11.8 Å². The summed E-state index contributed by atoms with van der Waals surface area (Å²) in [7, 11) is 0. The molecule has 1 aliphatic carbocycles. The molecule has 1 aromatic rings. The number of Topliss-reactive ketones (excluding diaryl/α,β-unsaturated/α-hetero) is 1. The molecule has 14 heavy (non-hydrogen) atoms. The van der Waals surface area contributed by atoms with Crippen LogP contribution in [0.5, 0.6) is 0 Å². The van der Waals surface area contributed by atoms with Gasteiger partial charge >= 0.3 is 0 Å². The molecule has 0 saturated carbocycles. The molecule has 2 rings (SSSR count). The maximum absolute atomic E-state index is 11.9. The standard InChI is InChI=1S/C12H15NO/c1-7-3-4-9-6-10(8(2)13)12(14)11(9)5-7/h3-5,8,10H,6,13H2,1-2H3. The number of ketones is 1. The number of aryl methyl sites for hydroxylation is 1. The minimum atomic E-state index is -0.0461. The molecule has 2 nitrogen and oxygen atoms in total. The Kier molecular flexibility index (Phi) is 2.16. The van der Waals surface area contributed by atoms with Gasteiger partial charge in [0, 0.05) is 17.5 Å². The zero-order valence-electron chi connectivity index (χ0n) is 8.58. The summed E-state index contributed by atoms with van der Waals surface area (Å²) in [6, 6.07) is 6.02. The van der Waals surface area contributed by atoms with Crippen LogP contribution in [-0.2, 0) is 6.42 Å². The average molecular weight is 189 g/mol. The molecule has 1 aliphatic rings. The summed E-state index contributed by atoms with van der Waals surface area (Å²) in [5.74, 6) is 0.213. The Morgan fingerprint density at radius 2 is 2.21 bits per heavy atom. The SMILES string of the molecule is Cc1ccc2c(c1)C(=O)C(C(C)N)C2. The van der Waals surface area contributed by atoms with E-state index in [0.29, 0.717) is 0 Å². The fourth-order valence-corrected chi connectivity index (χ4v) is 2.05. The van der Waals surface area contributed by atoms with Crippen LogP contribution in [0.1, 0.15) is 28.4 Å². The van der Waals surface area contributed by atoms with Crippen molar-refractivity contribution in [1.29, 1.82) is 0 Å². The van der Waals surface area contributed by atoms with Crippen molar-refractivity contribution < 1.29 is 4.79 Å². The number of fused-ring (bicyclic) bond motifs is 1. The lowest BCUT2D eigenvalue weighted by Gasteiger charge is -2.11. The predicted octanol–water partition coefficient (Wildman–Crippen LogP) is 1.70. The molecular formula is C12H15NO. The first-order chi connectivity index (χ1) is 6.59. The summed E-state index contributed by atoms with van der Waals surface area (Å²) >= 11 is 0. The van der Waals surface area contributed by atoms with Gasteiger partial charge in [0.2, 0.25) is 0 Å². The van der Waals surface area contributed by atoms with Crippen LogP contribution in [0.4, 0.5) is 0 Å². The summed E-state index contributed by atoms with van der Waals surface area (Å²) in [6.45, 7) is 3.91. The zero-order valence-corrected chi connectivity index (χ0v) is 8.58. The second-order valence-electron chi connectivity index (χ2n) is 4.19. The molecule has 0 amide bonds. The molecule has 74 valence electrons. The van der Waals surface area contributed by atoms with E-state index in [2.05, 4.69) is 6.07 Å². The molecule has 0 bridgehead atoms. The van der Waals surface area contributed by atoms with Gasteiger partial charge in [-0.2, -0.15) is 0 Å². The second kappa shape index (κ2) is 3.21. The lowest BCUT2D eigenvalue weighted by Crippen LogP contribution is -2.30. The smallest absolute Gasteiger partial charge is 0.168 e. The average Bonchev–Trinajstić information content (AvgIpc) is 2.44. The van der Waals surface area contributed by atoms with Crippen molar-refractivity contribution in [1.82, 2.24) is 0 Å². The van der Waals surface area contributed by atoms with Gasteiger partial charge in [-0.15, -0.1) is 0 Å². The Morgan fingerprint density at radius 3 is 2.86 bits per heavy atom. The molecule has 0 spiro atoms. The van der Waals surface area contributed by atoms with Crippen LogP contribution in [0.15, 0.2) is 18.2 Å². The van der Waals surface area contributed by atoms with Crippen LogP contribution in [0.2, 0.25) is 0 Å². The van der Waals surface area contributed by atoms with Gasteiger partial charge in [0.05, 0.1) is 0 Å². The lowest BCUT2D eigenvalue weighted by molar-refractivity contribution is 0.0924. The quantitative estimate of drug-likeness (QED) is 0.730. The molecule has 2 heteroatoms. The highest BCUT2D eigenvalue weighted by Crippen LogP contribution is 2.28. The van der Waals surface area contributed by atoms with Crippen molar-refractivity contribution in [3.8, 4) is 0 Å². The van der Waals surface area contributed by atoms with Crippen LogP contribution >= 0.6 is 0 Å². The summed E-state index contributed by atoms with van der Waals surface area (Å²) in [4.78, 5) is 11.9. The topological polar surface area (TPSA) is 43.1 Å². The number of hydrogen-bond acceptors (Lipinski definition) is 2. The van der Waals surface area contributed by atoms with E-state index in [4.69, 9.17) is 5.73 Å². The van der Waals surface area contributed by atoms with Crippen molar-refractivity contribution >= 4 is 5.78 Å². The zero-order chi connectivity index (χ0) is 10.3. The van der Waals surface area contributed by atoms with Crippen molar-refractivity contribution in [3.05, 3.63) is 34.9 Å². The first-order valence-electron chi connectivity index (χ1n) is 4.99. The molecule has 0 fully saturated rings. The van der Waals surface area contributed by atoms with Crippen molar-refractivity contribution in [2.75, 3.05) is 0 Å².